The van der Waals surface area contributed by atoms with Gasteiger partial charge in [0.2, 0.25) is 6.41 Å². The van der Waals surface area contributed by atoms with Gasteiger partial charge in [0.1, 0.15) is 11.6 Å². The van der Waals surface area contributed by atoms with Crippen molar-refractivity contribution in [1.82, 2.24) is 19.7 Å². The first-order valence-corrected chi connectivity index (χ1v) is 18.5. The van der Waals surface area contributed by atoms with Crippen LogP contribution in [-0.2, 0) is 31.9 Å². The van der Waals surface area contributed by atoms with E-state index in [1.807, 2.05) is 54.1 Å². The lowest BCUT2D eigenvalue weighted by Crippen LogP contribution is -2.53. The van der Waals surface area contributed by atoms with Crippen molar-refractivity contribution in [1.29, 1.82) is 0 Å². The van der Waals surface area contributed by atoms with Gasteiger partial charge in [-0.05, 0) is 80.0 Å². The van der Waals surface area contributed by atoms with E-state index in [1.165, 1.54) is 6.20 Å². The summed E-state index contributed by atoms with van der Waals surface area (Å²) in [6.45, 7) is 9.08. The molecular formula is C40H52N6O7. The number of aromatic nitrogens is 1. The van der Waals surface area contributed by atoms with Crippen LogP contribution in [0.25, 0.3) is 0 Å². The second-order valence-electron chi connectivity index (χ2n) is 13.7. The molecule has 13 heteroatoms. The second-order valence-corrected chi connectivity index (χ2v) is 13.7. The summed E-state index contributed by atoms with van der Waals surface area (Å²) in [6.07, 6.45) is 3.59. The average molecular weight is 729 g/mol. The first kappa shape index (κ1) is 38.9. The van der Waals surface area contributed by atoms with Crippen molar-refractivity contribution in [2.75, 3.05) is 69.7 Å². The van der Waals surface area contributed by atoms with E-state index in [-0.39, 0.29) is 24.1 Å². The number of anilines is 2. The molecule has 3 heterocycles. The van der Waals surface area contributed by atoms with Gasteiger partial charge in [-0.1, -0.05) is 37.3 Å². The molecule has 2 aromatic carbocycles. The van der Waals surface area contributed by atoms with Crippen LogP contribution < -0.4 is 10.2 Å². The van der Waals surface area contributed by atoms with Gasteiger partial charge >= 0.3 is 12.1 Å². The smallest absolute Gasteiger partial charge is 0.410 e. The number of para-hydroxylation sites is 1. The van der Waals surface area contributed by atoms with E-state index in [0.29, 0.717) is 94.2 Å². The number of nitrogens with one attached hydrogen (secondary N) is 1. The fourth-order valence-corrected chi connectivity index (χ4v) is 7.02. The maximum Gasteiger partial charge on any atom is 0.410 e. The molecule has 0 radical (unpaired) electrons. The van der Waals surface area contributed by atoms with Gasteiger partial charge < -0.3 is 39.5 Å². The Hall–Kier alpha value is -5.33. The number of aryl methyl sites for hydroxylation is 2. The number of piperazine rings is 1. The summed E-state index contributed by atoms with van der Waals surface area (Å²) < 4.78 is 11.2. The van der Waals surface area contributed by atoms with E-state index < -0.39 is 18.2 Å². The molecule has 2 aliphatic heterocycles. The molecule has 0 saturated carbocycles. The van der Waals surface area contributed by atoms with Crippen LogP contribution in [0.15, 0.2) is 54.7 Å². The number of carbonyl (C=O) groups excluding carboxylic acids is 4. The molecular weight excluding hydrogens is 676 g/mol. The third-order valence-electron chi connectivity index (χ3n) is 10.1. The highest BCUT2D eigenvalue weighted by Gasteiger charge is 2.34. The average Bonchev–Trinajstić information content (AvgIpc) is 3.19. The molecule has 0 unspecified atom stereocenters. The Morgan fingerprint density at radius 3 is 2.32 bits per heavy atom. The van der Waals surface area contributed by atoms with Crippen LogP contribution in [0.3, 0.4) is 0 Å². The number of piperidine rings is 1. The number of likely N-dealkylation sites (tertiary alicyclic amines) is 1. The minimum absolute atomic E-state index is 0.00413. The third kappa shape index (κ3) is 9.97. The van der Waals surface area contributed by atoms with E-state index >= 15 is 0 Å². The maximum absolute atomic E-state index is 14.1. The summed E-state index contributed by atoms with van der Waals surface area (Å²) in [5.41, 5.74) is 4.70. The minimum Gasteiger partial charge on any atom is -0.507 e. The number of hydrogen-bond acceptors (Lipinski definition) is 10. The van der Waals surface area contributed by atoms with Crippen molar-refractivity contribution in [3.63, 3.8) is 0 Å². The Balaban J connectivity index is 1.20. The largest absolute Gasteiger partial charge is 0.507 e. The monoisotopic (exact) mass is 728 g/mol. The molecule has 1 atom stereocenters. The number of pyridine rings is 1. The van der Waals surface area contributed by atoms with Gasteiger partial charge in [-0.2, -0.15) is 0 Å². The lowest BCUT2D eigenvalue weighted by Gasteiger charge is -2.38. The van der Waals surface area contributed by atoms with Gasteiger partial charge in [-0.15, -0.1) is 0 Å². The van der Waals surface area contributed by atoms with Gasteiger partial charge in [-0.3, -0.25) is 9.59 Å². The van der Waals surface area contributed by atoms with E-state index in [1.54, 1.807) is 35.8 Å². The highest BCUT2D eigenvalue weighted by Crippen LogP contribution is 2.26. The number of ether oxygens (including phenoxy) is 2. The number of aromatic hydroxyl groups is 1. The van der Waals surface area contributed by atoms with Crippen molar-refractivity contribution >= 4 is 35.9 Å². The SMILES string of the molecule is CCCOC(=O)c1ccc(N2CCN(C(=O)[C@@H](Cc3cc(C)c(O)c(C)c3)OC(=O)N3CCC(N(C=O)CCc4ccccc4NC)CC3)CC2)nc1. The lowest BCUT2D eigenvalue weighted by molar-refractivity contribution is -0.141. The number of amides is 3. The zero-order chi connectivity index (χ0) is 37.9. The Kier molecular flexibility index (Phi) is 13.5. The lowest BCUT2D eigenvalue weighted by atomic mass is 10.0. The summed E-state index contributed by atoms with van der Waals surface area (Å²) in [5.74, 6) is 0.201. The molecule has 13 nitrogen and oxygen atoms in total. The van der Waals surface area contributed by atoms with E-state index in [2.05, 4.69) is 16.4 Å². The van der Waals surface area contributed by atoms with Crippen molar-refractivity contribution in [2.45, 2.75) is 65.0 Å². The van der Waals surface area contributed by atoms with E-state index in [4.69, 9.17) is 9.47 Å². The van der Waals surface area contributed by atoms with Gasteiger partial charge in [-0.25, -0.2) is 14.6 Å². The molecule has 53 heavy (non-hydrogen) atoms. The molecule has 3 amide bonds. The number of hydrogen-bond donors (Lipinski definition) is 2. The predicted molar refractivity (Wildman–Crippen MR) is 202 cm³/mol. The maximum atomic E-state index is 14.1. The quantitative estimate of drug-likeness (QED) is 0.179. The summed E-state index contributed by atoms with van der Waals surface area (Å²) in [6, 6.07) is 15.1. The first-order valence-electron chi connectivity index (χ1n) is 18.5. The second kappa shape index (κ2) is 18.4. The summed E-state index contributed by atoms with van der Waals surface area (Å²) in [4.78, 5) is 63.6. The van der Waals surface area contributed by atoms with E-state index in [0.717, 1.165) is 29.6 Å². The Morgan fingerprint density at radius 2 is 1.70 bits per heavy atom. The van der Waals surface area contributed by atoms with Gasteiger partial charge in [0.05, 0.1) is 12.2 Å². The molecule has 3 aromatic rings. The molecule has 2 saturated heterocycles. The van der Waals surface area contributed by atoms with Crippen LogP contribution in [-0.4, -0.2) is 121 Å². The van der Waals surface area contributed by atoms with Crippen LogP contribution >= 0.6 is 0 Å². The number of rotatable bonds is 14. The van der Waals surface area contributed by atoms with E-state index in [9.17, 15) is 24.3 Å². The number of esters is 1. The molecule has 0 spiro atoms. The van der Waals surface area contributed by atoms with Crippen molar-refractivity contribution in [2.24, 2.45) is 0 Å². The predicted octanol–water partition coefficient (Wildman–Crippen LogP) is 4.57. The topological polar surface area (TPSA) is 145 Å². The molecule has 0 bridgehead atoms. The molecule has 2 N–H and O–H groups in total. The summed E-state index contributed by atoms with van der Waals surface area (Å²) in [5, 5.41) is 13.6. The fourth-order valence-electron chi connectivity index (χ4n) is 7.02. The number of phenols is 1. The molecule has 0 aliphatic carbocycles. The van der Waals surface area contributed by atoms with Crippen LogP contribution in [0.5, 0.6) is 5.75 Å². The number of benzene rings is 2. The van der Waals surface area contributed by atoms with Gasteiger partial charge in [0.15, 0.2) is 6.10 Å². The molecule has 1 aromatic heterocycles. The molecule has 5 rings (SSSR count). The number of nitrogens with zero attached hydrogens (tertiary/aromatic N) is 5. The summed E-state index contributed by atoms with van der Waals surface area (Å²) in [7, 11) is 1.88. The number of carbonyl (C=O) groups is 4. The Bertz CT molecular complexity index is 1700. The van der Waals surface area contributed by atoms with Crippen molar-refractivity contribution in [3.8, 4) is 5.75 Å². The number of phenolic OH excluding ortho intramolecular Hbond substituents is 1. The molecule has 284 valence electrons. The zero-order valence-corrected chi connectivity index (χ0v) is 31.3. The highest BCUT2D eigenvalue weighted by atomic mass is 16.6. The Morgan fingerprint density at radius 1 is 1.00 bits per heavy atom. The molecule has 2 aliphatic rings. The van der Waals surface area contributed by atoms with Gasteiger partial charge in [0.25, 0.3) is 5.91 Å². The normalized spacial score (nSPS) is 15.4. The minimum atomic E-state index is -1.07. The van der Waals surface area contributed by atoms with Crippen molar-refractivity contribution < 1.29 is 33.8 Å². The van der Waals surface area contributed by atoms with Crippen LogP contribution in [0.4, 0.5) is 16.3 Å². The fraction of sp³-hybridized carbons (Fsp3) is 0.475. The van der Waals surface area contributed by atoms with Crippen LogP contribution in [0.1, 0.15) is 58.8 Å². The highest BCUT2D eigenvalue weighted by molar-refractivity contribution is 5.89. The summed E-state index contributed by atoms with van der Waals surface area (Å²) >= 11 is 0. The Labute approximate surface area is 311 Å². The van der Waals surface area contributed by atoms with Crippen LogP contribution in [0.2, 0.25) is 0 Å². The van der Waals surface area contributed by atoms with Crippen molar-refractivity contribution in [3.05, 3.63) is 82.5 Å². The van der Waals surface area contributed by atoms with Gasteiger partial charge in [0, 0.05) is 77.2 Å². The standard InChI is InChI=1S/C40H52N6O7/c1-5-22-52-39(50)32-10-11-36(42-26-32)43-18-20-44(21-19-43)38(49)35(25-30-23-28(2)37(48)29(3)24-30)53-40(51)45-16-13-33(14-17-45)46(27-47)15-12-31-8-6-7-9-34(31)41-4/h6-11,23-24,26-27,33,35,41,48H,5,12-22,25H2,1-4H3/t35-/m1/s1. The zero-order valence-electron chi connectivity index (χ0n) is 31.3. The molecule has 2 fully saturated rings. The third-order valence-corrected chi connectivity index (χ3v) is 10.1. The van der Waals surface area contributed by atoms with Crippen LogP contribution in [0, 0.1) is 13.8 Å². The first-order chi connectivity index (χ1) is 25.6.